The number of nitrogens with one attached hydrogen (secondary N) is 1. The summed E-state index contributed by atoms with van der Waals surface area (Å²) in [5, 5.41) is 3.91. The molecule has 1 aromatic heterocycles. The van der Waals surface area contributed by atoms with Crippen LogP contribution in [0.15, 0.2) is 42.5 Å². The number of amides is 1. The summed E-state index contributed by atoms with van der Waals surface area (Å²) in [5.74, 6) is 1.23. The topological polar surface area (TPSA) is 60.5 Å². The van der Waals surface area contributed by atoms with Crippen molar-refractivity contribution in [2.24, 2.45) is 0 Å². The fourth-order valence-electron chi connectivity index (χ4n) is 3.23. The van der Waals surface area contributed by atoms with E-state index in [2.05, 4.69) is 16.4 Å². The zero-order valence-corrected chi connectivity index (χ0v) is 16.3. The zero-order valence-electron chi connectivity index (χ0n) is 15.5. The molecule has 3 aromatic rings. The van der Waals surface area contributed by atoms with Crippen LogP contribution in [0.25, 0.3) is 10.2 Å². The average Bonchev–Trinajstić information content (AvgIpc) is 3.18. The Kier molecular flexibility index (Phi) is 4.74. The molecular weight excluding hydrogens is 360 g/mol. The summed E-state index contributed by atoms with van der Waals surface area (Å²) in [6.45, 7) is 4.61. The Hall–Kier alpha value is -2.60. The third-order valence-corrected chi connectivity index (χ3v) is 5.51. The van der Waals surface area contributed by atoms with E-state index in [4.69, 9.17) is 9.47 Å². The second-order valence-electron chi connectivity index (χ2n) is 7.25. The van der Waals surface area contributed by atoms with Gasteiger partial charge in [-0.2, -0.15) is 0 Å². The monoisotopic (exact) mass is 382 g/mol. The van der Waals surface area contributed by atoms with Crippen LogP contribution in [0.3, 0.4) is 0 Å². The number of carbonyl (C=O) groups is 1. The Balaban J connectivity index is 1.28. The Labute approximate surface area is 162 Å². The number of aromatic nitrogens is 1. The van der Waals surface area contributed by atoms with Gasteiger partial charge >= 0.3 is 0 Å². The summed E-state index contributed by atoms with van der Waals surface area (Å²) >= 11 is 1.66. The Morgan fingerprint density at radius 3 is 2.96 bits per heavy atom. The van der Waals surface area contributed by atoms with Crippen LogP contribution >= 0.6 is 11.3 Å². The lowest BCUT2D eigenvalue weighted by molar-refractivity contribution is -0.123. The molecule has 1 amide bonds. The maximum absolute atomic E-state index is 12.1. The minimum atomic E-state index is -0.235. The lowest BCUT2D eigenvalue weighted by Crippen LogP contribution is -2.30. The van der Waals surface area contributed by atoms with Crippen LogP contribution in [0.5, 0.6) is 11.5 Å². The molecule has 0 saturated heterocycles. The van der Waals surface area contributed by atoms with E-state index in [9.17, 15) is 4.79 Å². The van der Waals surface area contributed by atoms with E-state index in [-0.39, 0.29) is 18.1 Å². The predicted molar refractivity (Wildman–Crippen MR) is 107 cm³/mol. The van der Waals surface area contributed by atoms with Gasteiger partial charge < -0.3 is 14.8 Å². The highest BCUT2D eigenvalue weighted by Crippen LogP contribution is 2.41. The van der Waals surface area contributed by atoms with Crippen molar-refractivity contribution in [1.82, 2.24) is 10.3 Å². The quantitative estimate of drug-likeness (QED) is 0.705. The molecule has 0 radical (unpaired) electrons. The first-order chi connectivity index (χ1) is 13.0. The number of para-hydroxylation sites is 2. The van der Waals surface area contributed by atoms with E-state index < -0.39 is 0 Å². The van der Waals surface area contributed by atoms with Gasteiger partial charge in [0.05, 0.1) is 15.2 Å². The molecule has 2 heterocycles. The number of benzene rings is 2. The fourth-order valence-corrected chi connectivity index (χ4v) is 4.20. The Morgan fingerprint density at radius 2 is 2.11 bits per heavy atom. The molecule has 1 aliphatic heterocycles. The Bertz CT molecular complexity index is 947. The van der Waals surface area contributed by atoms with Gasteiger partial charge in [-0.05, 0) is 32.0 Å². The molecule has 5 nitrogen and oxygen atoms in total. The SMILES string of the molecule is CC1(C)Cc2cccc(OCC(=O)NCCc3nc4ccccc4s3)c2O1. The van der Waals surface area contributed by atoms with Gasteiger partial charge in [0.1, 0.15) is 5.60 Å². The number of thiazole rings is 1. The van der Waals surface area contributed by atoms with Crippen molar-refractivity contribution in [2.45, 2.75) is 32.3 Å². The maximum Gasteiger partial charge on any atom is 0.257 e. The number of hydrogen-bond acceptors (Lipinski definition) is 5. The van der Waals surface area contributed by atoms with Crippen LogP contribution in [0.2, 0.25) is 0 Å². The predicted octanol–water partition coefficient (Wildman–Crippen LogP) is 3.75. The van der Waals surface area contributed by atoms with Gasteiger partial charge in [-0.3, -0.25) is 4.79 Å². The second kappa shape index (κ2) is 7.19. The summed E-state index contributed by atoms with van der Waals surface area (Å²) in [7, 11) is 0. The lowest BCUT2D eigenvalue weighted by Gasteiger charge is -2.18. The van der Waals surface area contributed by atoms with E-state index in [0.29, 0.717) is 18.7 Å². The van der Waals surface area contributed by atoms with Crippen LogP contribution in [-0.2, 0) is 17.6 Å². The number of ether oxygens (including phenoxy) is 2. The zero-order chi connectivity index (χ0) is 18.9. The molecule has 6 heteroatoms. The number of rotatable bonds is 6. The normalized spacial score (nSPS) is 14.6. The fraction of sp³-hybridized carbons (Fsp3) is 0.333. The first kappa shape index (κ1) is 17.8. The van der Waals surface area contributed by atoms with E-state index in [0.717, 1.165) is 28.3 Å². The van der Waals surface area contributed by atoms with Gasteiger partial charge in [-0.1, -0.05) is 24.3 Å². The van der Waals surface area contributed by atoms with Crippen molar-refractivity contribution in [1.29, 1.82) is 0 Å². The largest absolute Gasteiger partial charge is 0.483 e. The van der Waals surface area contributed by atoms with Crippen LogP contribution in [0.4, 0.5) is 0 Å². The van der Waals surface area contributed by atoms with Crippen molar-refractivity contribution >= 4 is 27.5 Å². The first-order valence-corrected chi connectivity index (χ1v) is 9.87. The summed E-state index contributed by atoms with van der Waals surface area (Å²) in [4.78, 5) is 16.7. The van der Waals surface area contributed by atoms with Gasteiger partial charge in [-0.25, -0.2) is 4.98 Å². The summed E-state index contributed by atoms with van der Waals surface area (Å²) in [5.41, 5.74) is 1.89. The first-order valence-electron chi connectivity index (χ1n) is 9.05. The minimum Gasteiger partial charge on any atom is -0.483 e. The van der Waals surface area contributed by atoms with Crippen molar-refractivity contribution in [3.8, 4) is 11.5 Å². The van der Waals surface area contributed by atoms with E-state index in [1.165, 1.54) is 4.70 Å². The van der Waals surface area contributed by atoms with Crippen LogP contribution in [0.1, 0.15) is 24.4 Å². The van der Waals surface area contributed by atoms with Crippen LogP contribution in [0, 0.1) is 0 Å². The molecule has 0 fully saturated rings. The minimum absolute atomic E-state index is 0.0277. The second-order valence-corrected chi connectivity index (χ2v) is 8.36. The average molecular weight is 382 g/mol. The van der Waals surface area contributed by atoms with Gasteiger partial charge in [0.25, 0.3) is 5.91 Å². The van der Waals surface area contributed by atoms with E-state index in [1.807, 2.05) is 50.2 Å². The standard InChI is InChI=1S/C21H22N2O3S/c1-21(2)12-14-6-5-8-16(20(14)26-21)25-13-18(24)22-11-10-19-23-15-7-3-4-9-17(15)27-19/h3-9H,10-13H2,1-2H3,(H,22,24). The lowest BCUT2D eigenvalue weighted by atomic mass is 10.0. The van der Waals surface area contributed by atoms with Crippen molar-refractivity contribution < 1.29 is 14.3 Å². The van der Waals surface area contributed by atoms with Gasteiger partial charge in [0.2, 0.25) is 0 Å². The molecule has 0 atom stereocenters. The van der Waals surface area contributed by atoms with Crippen molar-refractivity contribution in [3.63, 3.8) is 0 Å². The number of hydrogen-bond donors (Lipinski definition) is 1. The molecule has 0 unspecified atom stereocenters. The molecule has 0 spiro atoms. The molecule has 1 N–H and O–H groups in total. The molecule has 140 valence electrons. The molecule has 27 heavy (non-hydrogen) atoms. The van der Waals surface area contributed by atoms with Gasteiger partial charge in [0.15, 0.2) is 18.1 Å². The highest BCUT2D eigenvalue weighted by molar-refractivity contribution is 7.18. The molecule has 2 aromatic carbocycles. The third-order valence-electron chi connectivity index (χ3n) is 4.41. The van der Waals surface area contributed by atoms with Crippen molar-refractivity contribution in [2.75, 3.05) is 13.2 Å². The number of nitrogens with zero attached hydrogens (tertiary/aromatic N) is 1. The van der Waals surface area contributed by atoms with Crippen LogP contribution < -0.4 is 14.8 Å². The van der Waals surface area contributed by atoms with Crippen molar-refractivity contribution in [3.05, 3.63) is 53.0 Å². The molecule has 0 aliphatic carbocycles. The highest BCUT2D eigenvalue weighted by Gasteiger charge is 2.32. The van der Waals surface area contributed by atoms with Crippen LogP contribution in [-0.4, -0.2) is 29.6 Å². The van der Waals surface area contributed by atoms with E-state index in [1.54, 1.807) is 11.3 Å². The molecular formula is C21H22N2O3S. The number of carbonyl (C=O) groups excluding carboxylic acids is 1. The number of fused-ring (bicyclic) bond motifs is 2. The van der Waals surface area contributed by atoms with Gasteiger partial charge in [-0.15, -0.1) is 11.3 Å². The molecule has 0 bridgehead atoms. The molecule has 1 aliphatic rings. The highest BCUT2D eigenvalue weighted by atomic mass is 32.1. The summed E-state index contributed by atoms with van der Waals surface area (Å²) < 4.78 is 12.8. The summed E-state index contributed by atoms with van der Waals surface area (Å²) in [6, 6.07) is 13.9. The molecule has 4 rings (SSSR count). The molecule has 0 saturated carbocycles. The van der Waals surface area contributed by atoms with Gasteiger partial charge in [0, 0.05) is 24.9 Å². The smallest absolute Gasteiger partial charge is 0.257 e. The summed E-state index contributed by atoms with van der Waals surface area (Å²) in [6.07, 6.45) is 1.55. The van der Waals surface area contributed by atoms with E-state index >= 15 is 0 Å². The third kappa shape index (κ3) is 4.06. The Morgan fingerprint density at radius 1 is 1.26 bits per heavy atom. The maximum atomic E-state index is 12.1.